The minimum atomic E-state index is -1.72. The molecule has 1 rings (SSSR count). The normalized spacial score (nSPS) is 26.1. The molecule has 0 aliphatic heterocycles. The van der Waals surface area contributed by atoms with E-state index in [-0.39, 0.29) is 6.42 Å². The molecule has 6 atom stereocenters. The van der Waals surface area contributed by atoms with Crippen LogP contribution < -0.4 is 0 Å². The topological polar surface area (TPSA) is 134 Å². The lowest BCUT2D eigenvalue weighted by Gasteiger charge is -2.42. The third-order valence-electron chi connectivity index (χ3n) is 7.10. The smallest absolute Gasteiger partial charge is 0.306 e. The molecule has 1 saturated carbocycles. The second-order valence-corrected chi connectivity index (χ2v) is 10.4. The molecule has 0 aromatic heterocycles. The van der Waals surface area contributed by atoms with Gasteiger partial charge in [0.15, 0.2) is 12.2 Å². The van der Waals surface area contributed by atoms with E-state index in [4.69, 9.17) is 9.47 Å². The van der Waals surface area contributed by atoms with Crippen molar-refractivity contribution < 1.29 is 39.5 Å². The number of aliphatic hydroxyl groups is 4. The van der Waals surface area contributed by atoms with Crippen LogP contribution in [-0.2, 0) is 19.1 Å². The number of carbonyl (C=O) groups excluding carboxylic acids is 2. The maximum Gasteiger partial charge on any atom is 0.306 e. The molecule has 4 N–H and O–H groups in total. The van der Waals surface area contributed by atoms with Crippen molar-refractivity contribution in [2.24, 2.45) is 0 Å². The highest BCUT2D eigenvalue weighted by Gasteiger charge is 2.52. The summed E-state index contributed by atoms with van der Waals surface area (Å²) in [7, 11) is 0. The third kappa shape index (κ3) is 13.4. The van der Waals surface area contributed by atoms with Gasteiger partial charge in [0.2, 0.25) is 0 Å². The summed E-state index contributed by atoms with van der Waals surface area (Å²) in [6, 6.07) is 0. The molecule has 0 amide bonds. The van der Waals surface area contributed by atoms with Crippen LogP contribution >= 0.6 is 0 Å². The monoisotopic (exact) mass is 516 g/mol. The molecule has 1 aliphatic rings. The maximum atomic E-state index is 12.2. The zero-order chi connectivity index (χ0) is 26.8. The zero-order valence-corrected chi connectivity index (χ0v) is 22.6. The molecule has 0 saturated heterocycles. The third-order valence-corrected chi connectivity index (χ3v) is 7.10. The van der Waals surface area contributed by atoms with Gasteiger partial charge in [0.25, 0.3) is 0 Å². The molecule has 1 fully saturated rings. The Balaban J connectivity index is 2.06. The number of aliphatic hydroxyl groups excluding tert-OH is 4. The molecule has 0 spiro atoms. The van der Waals surface area contributed by atoms with Gasteiger partial charge in [-0.2, -0.15) is 0 Å². The number of hydrogen-bond acceptors (Lipinski definition) is 8. The Kier molecular flexibility index (Phi) is 18.1. The Labute approximate surface area is 217 Å². The van der Waals surface area contributed by atoms with E-state index < -0.39 is 48.6 Å². The Hall–Kier alpha value is -1.22. The van der Waals surface area contributed by atoms with Crippen LogP contribution in [0.25, 0.3) is 0 Å². The van der Waals surface area contributed by atoms with Crippen molar-refractivity contribution in [3.8, 4) is 0 Å². The minimum Gasteiger partial charge on any atom is -0.456 e. The highest BCUT2D eigenvalue weighted by atomic mass is 16.6. The summed E-state index contributed by atoms with van der Waals surface area (Å²) in [5.41, 5.74) is 0. The van der Waals surface area contributed by atoms with Crippen LogP contribution in [0.3, 0.4) is 0 Å². The van der Waals surface area contributed by atoms with E-state index in [0.717, 1.165) is 26.2 Å². The Morgan fingerprint density at radius 2 is 0.861 bits per heavy atom. The van der Waals surface area contributed by atoms with E-state index in [0.29, 0.717) is 6.42 Å². The summed E-state index contributed by atoms with van der Waals surface area (Å²) in [6.45, 7) is 3.36. The fourth-order valence-electron chi connectivity index (χ4n) is 4.85. The summed E-state index contributed by atoms with van der Waals surface area (Å²) >= 11 is 0. The van der Waals surface area contributed by atoms with Crippen LogP contribution in [0, 0.1) is 0 Å². The first-order valence-electron chi connectivity index (χ1n) is 14.4. The van der Waals surface area contributed by atoms with Crippen molar-refractivity contribution in [1.29, 1.82) is 0 Å². The second-order valence-electron chi connectivity index (χ2n) is 10.4. The molecule has 36 heavy (non-hydrogen) atoms. The highest BCUT2D eigenvalue weighted by molar-refractivity contribution is 5.70. The van der Waals surface area contributed by atoms with Crippen molar-refractivity contribution in [3.05, 3.63) is 0 Å². The van der Waals surface area contributed by atoms with Crippen molar-refractivity contribution in [2.75, 3.05) is 0 Å². The van der Waals surface area contributed by atoms with E-state index in [1.165, 1.54) is 83.5 Å². The summed E-state index contributed by atoms with van der Waals surface area (Å²) in [5.74, 6) is -1.36. The predicted octanol–water partition coefficient (Wildman–Crippen LogP) is 4.33. The van der Waals surface area contributed by atoms with Crippen LogP contribution in [-0.4, -0.2) is 69.0 Å². The van der Waals surface area contributed by atoms with E-state index in [2.05, 4.69) is 6.92 Å². The number of carbonyl (C=O) groups is 2. The first-order chi connectivity index (χ1) is 17.3. The van der Waals surface area contributed by atoms with E-state index in [9.17, 15) is 30.0 Å². The van der Waals surface area contributed by atoms with Gasteiger partial charge in [-0.1, -0.05) is 110 Å². The van der Waals surface area contributed by atoms with Crippen molar-refractivity contribution in [1.82, 2.24) is 0 Å². The first-order valence-corrected chi connectivity index (χ1v) is 14.4. The summed E-state index contributed by atoms with van der Waals surface area (Å²) in [4.78, 5) is 23.6. The van der Waals surface area contributed by atoms with Gasteiger partial charge < -0.3 is 29.9 Å². The largest absolute Gasteiger partial charge is 0.456 e. The lowest BCUT2D eigenvalue weighted by molar-refractivity contribution is -0.241. The molecule has 8 nitrogen and oxygen atoms in total. The molecule has 0 aromatic carbocycles. The predicted molar refractivity (Wildman–Crippen MR) is 138 cm³/mol. The quantitative estimate of drug-likeness (QED) is 0.139. The molecule has 0 unspecified atom stereocenters. The summed E-state index contributed by atoms with van der Waals surface area (Å²) in [6.07, 6.45) is 11.6. The molecule has 8 heteroatoms. The lowest BCUT2D eigenvalue weighted by Crippen LogP contribution is -2.65. The molecule has 0 radical (unpaired) electrons. The molecule has 0 bridgehead atoms. The Morgan fingerprint density at radius 1 is 0.528 bits per heavy atom. The SMILES string of the molecule is CCCCCCCCCCCCCCCCCCCC(=O)O[C@@H]1[C@H](O)[C@@H](O)[C@H](O)[C@@H](O)[C@@H]1OC(C)=O. The Bertz CT molecular complexity index is 584. The number of rotatable bonds is 20. The highest BCUT2D eigenvalue weighted by Crippen LogP contribution is 2.27. The number of hydrogen-bond donors (Lipinski definition) is 4. The molecular weight excluding hydrogens is 464 g/mol. The molecule has 212 valence electrons. The molecule has 0 aromatic rings. The van der Waals surface area contributed by atoms with Crippen molar-refractivity contribution in [2.45, 2.75) is 166 Å². The standard InChI is InChI=1S/C28H52O8/c1-3-4-5-6-7-8-9-10-11-12-13-14-15-16-17-18-19-20-22(30)36-28-26(34)24(32)23(31)25(33)27(28)35-21(2)29/h23-28,31-34H,3-20H2,1-2H3/t23-,24-,25+,26+,27-,28+/m0/s1. The van der Waals surface area contributed by atoms with Crippen LogP contribution in [0.1, 0.15) is 129 Å². The van der Waals surface area contributed by atoms with Crippen molar-refractivity contribution in [3.63, 3.8) is 0 Å². The van der Waals surface area contributed by atoms with Crippen LogP contribution in [0.15, 0.2) is 0 Å². The van der Waals surface area contributed by atoms with Crippen molar-refractivity contribution >= 4 is 11.9 Å². The average molecular weight is 517 g/mol. The van der Waals surface area contributed by atoms with Crippen LogP contribution in [0.2, 0.25) is 0 Å². The van der Waals surface area contributed by atoms with E-state index >= 15 is 0 Å². The number of unbranched alkanes of at least 4 members (excludes halogenated alkanes) is 16. The number of esters is 2. The lowest BCUT2D eigenvalue weighted by atomic mass is 9.84. The van der Waals surface area contributed by atoms with Gasteiger partial charge >= 0.3 is 11.9 Å². The van der Waals surface area contributed by atoms with Crippen LogP contribution in [0.5, 0.6) is 0 Å². The van der Waals surface area contributed by atoms with Gasteiger partial charge in [0.1, 0.15) is 24.4 Å². The van der Waals surface area contributed by atoms with E-state index in [1.807, 2.05) is 0 Å². The van der Waals surface area contributed by atoms with Gasteiger partial charge in [-0.05, 0) is 6.42 Å². The molecule has 1 aliphatic carbocycles. The van der Waals surface area contributed by atoms with Gasteiger partial charge in [0, 0.05) is 13.3 Å². The van der Waals surface area contributed by atoms with E-state index in [1.54, 1.807) is 0 Å². The maximum absolute atomic E-state index is 12.2. The first kappa shape index (κ1) is 32.8. The molecule has 0 heterocycles. The summed E-state index contributed by atoms with van der Waals surface area (Å²) in [5, 5.41) is 40.0. The second kappa shape index (κ2) is 19.8. The fraction of sp³-hybridized carbons (Fsp3) is 0.929. The summed E-state index contributed by atoms with van der Waals surface area (Å²) < 4.78 is 10.2. The zero-order valence-electron chi connectivity index (χ0n) is 22.6. The molecular formula is C28H52O8. The minimum absolute atomic E-state index is 0.128. The average Bonchev–Trinajstić information content (AvgIpc) is 2.85. The van der Waals surface area contributed by atoms with Gasteiger partial charge in [-0.25, -0.2) is 0 Å². The van der Waals surface area contributed by atoms with Gasteiger partial charge in [-0.3, -0.25) is 9.59 Å². The van der Waals surface area contributed by atoms with Crippen LogP contribution in [0.4, 0.5) is 0 Å². The van der Waals surface area contributed by atoms with Gasteiger partial charge in [0.05, 0.1) is 0 Å². The Morgan fingerprint density at radius 3 is 1.22 bits per heavy atom. The fourth-order valence-corrected chi connectivity index (χ4v) is 4.85. The van der Waals surface area contributed by atoms with Gasteiger partial charge in [-0.15, -0.1) is 0 Å². The number of ether oxygens (including phenoxy) is 2.